The van der Waals surface area contributed by atoms with E-state index in [0.717, 1.165) is 51.9 Å². The lowest BCUT2D eigenvalue weighted by Gasteiger charge is -2.32. The Morgan fingerprint density at radius 3 is 1.52 bits per heavy atom. The Bertz CT molecular complexity index is 1940. The molecule has 0 aliphatic rings. The molecule has 494 valence electrons. The minimum atomic E-state index is -4.81. The van der Waals surface area contributed by atoms with Gasteiger partial charge in [0.15, 0.2) is 6.10 Å². The minimum Gasteiger partial charge on any atom is -0.462 e. The van der Waals surface area contributed by atoms with Gasteiger partial charge in [-0.05, 0) is 40.0 Å². The van der Waals surface area contributed by atoms with Crippen molar-refractivity contribution in [2.45, 2.75) is 289 Å². The molecule has 0 radical (unpaired) electrons. The summed E-state index contributed by atoms with van der Waals surface area (Å²) in [4.78, 5) is 123. The molecule has 85 heavy (non-hydrogen) atoms. The highest BCUT2D eigenvalue weighted by Gasteiger charge is 2.37. The maximum Gasteiger partial charge on any atom is 0.472 e. The molecule has 0 saturated carbocycles. The first-order valence-electron chi connectivity index (χ1n) is 31.3. The van der Waals surface area contributed by atoms with E-state index in [2.05, 4.69) is 40.4 Å². The number of aliphatic hydroxyl groups is 3. The van der Waals surface area contributed by atoms with Crippen molar-refractivity contribution in [1.29, 1.82) is 0 Å². The van der Waals surface area contributed by atoms with Crippen LogP contribution in [0.25, 0.3) is 0 Å². The molecule has 10 atom stereocenters. The van der Waals surface area contributed by atoms with Crippen molar-refractivity contribution in [2.24, 2.45) is 5.73 Å². The Labute approximate surface area is 505 Å². The van der Waals surface area contributed by atoms with Gasteiger partial charge in [0.25, 0.3) is 0 Å². The molecule has 0 aliphatic carbocycles. The van der Waals surface area contributed by atoms with Crippen molar-refractivity contribution in [2.75, 3.05) is 33.0 Å². The van der Waals surface area contributed by atoms with E-state index >= 15 is 0 Å². The van der Waals surface area contributed by atoms with Gasteiger partial charge >= 0.3 is 19.8 Å². The number of phosphoric acid groups is 1. The monoisotopic (exact) mass is 1240 g/mol. The van der Waals surface area contributed by atoms with Crippen molar-refractivity contribution < 1.29 is 91.2 Å². The molecule has 25 nitrogen and oxygen atoms in total. The minimum absolute atomic E-state index is 0.105. The third-order valence-electron chi connectivity index (χ3n) is 14.1. The molecule has 1 unspecified atom stereocenters. The number of phosphoric ester groups is 1. The van der Waals surface area contributed by atoms with Gasteiger partial charge in [0, 0.05) is 32.7 Å². The zero-order chi connectivity index (χ0) is 63.8. The van der Waals surface area contributed by atoms with E-state index in [-0.39, 0.29) is 32.1 Å². The second-order valence-corrected chi connectivity index (χ2v) is 23.5. The average molecular weight is 1240 g/mol. The van der Waals surface area contributed by atoms with Gasteiger partial charge in [0.2, 0.25) is 35.4 Å². The molecule has 0 fully saturated rings. The van der Waals surface area contributed by atoms with E-state index in [1.807, 2.05) is 0 Å². The first kappa shape index (κ1) is 80.4. The van der Waals surface area contributed by atoms with Crippen LogP contribution in [0.1, 0.15) is 234 Å². The first-order valence-corrected chi connectivity index (χ1v) is 32.8. The highest BCUT2D eigenvalue weighted by molar-refractivity contribution is 7.47. The van der Waals surface area contributed by atoms with Crippen LogP contribution >= 0.6 is 7.82 Å². The molecule has 0 spiro atoms. The van der Waals surface area contributed by atoms with Gasteiger partial charge in [-0.1, -0.05) is 168 Å². The molecule has 6 amide bonds. The predicted octanol–water partition coefficient (Wildman–Crippen LogP) is 5.60. The summed E-state index contributed by atoms with van der Waals surface area (Å²) in [6, 6.07) is -5.52. The van der Waals surface area contributed by atoms with Crippen LogP contribution in [0.3, 0.4) is 0 Å². The van der Waals surface area contributed by atoms with Crippen LogP contribution < -0.4 is 32.3 Å². The maximum absolute atomic E-state index is 13.0. The van der Waals surface area contributed by atoms with Gasteiger partial charge in [-0.3, -0.25) is 47.4 Å². The van der Waals surface area contributed by atoms with Crippen molar-refractivity contribution in [3.05, 3.63) is 0 Å². The first-order chi connectivity index (χ1) is 40.5. The van der Waals surface area contributed by atoms with Crippen LogP contribution in [-0.4, -0.2) is 162 Å². The molecule has 0 aromatic heterocycles. The number of aliphatic hydroxyl groups excluding tert-OH is 3. The highest BCUT2D eigenvalue weighted by atomic mass is 31.2. The molecule has 0 bridgehead atoms. The molecule has 0 saturated heterocycles. The number of carbonyl (C=O) groups excluding carboxylic acids is 9. The summed E-state index contributed by atoms with van der Waals surface area (Å²) in [6.45, 7) is 6.40. The molecular weight excluding hydrogens is 1130 g/mol. The van der Waals surface area contributed by atoms with Gasteiger partial charge < -0.3 is 71.5 Å². The zero-order valence-electron chi connectivity index (χ0n) is 52.0. The number of unbranched alkanes of at least 4 members (excludes halogenated alkanes) is 24. The Hall–Kier alpha value is -4.62. The summed E-state index contributed by atoms with van der Waals surface area (Å²) < 4.78 is 39.5. The molecule has 0 aromatic carbocycles. The molecule has 0 aromatic rings. The lowest BCUT2D eigenvalue weighted by molar-refractivity contribution is -0.161. The Morgan fingerprint density at radius 1 is 0.588 bits per heavy atom. The van der Waals surface area contributed by atoms with Gasteiger partial charge in [0.05, 0.1) is 19.8 Å². The molecule has 11 N–H and O–H groups in total. The topological polar surface area (TPSA) is 384 Å². The maximum atomic E-state index is 13.0. The fraction of sp³-hybridized carbons (Fsp3) is 0.847. The fourth-order valence-corrected chi connectivity index (χ4v) is 9.71. The molecule has 0 heterocycles. The summed E-state index contributed by atoms with van der Waals surface area (Å²) in [5.41, 5.74) is 5.46. The lowest BCUT2D eigenvalue weighted by atomic mass is 10.0. The van der Waals surface area contributed by atoms with E-state index in [0.29, 0.717) is 12.8 Å². The van der Waals surface area contributed by atoms with E-state index in [9.17, 15) is 67.9 Å². The number of ether oxygens (including phenoxy) is 3. The highest BCUT2D eigenvalue weighted by Crippen LogP contribution is 2.43. The number of hydrogen-bond acceptors (Lipinski definition) is 18. The second-order valence-electron chi connectivity index (χ2n) is 22.0. The van der Waals surface area contributed by atoms with Gasteiger partial charge in [-0.25, -0.2) is 4.57 Å². The standard InChI is InChI=1S/C59H109N6O19P/c1-7-9-11-13-15-17-19-21-23-25-27-29-31-33-52(71)80-41-47(84-53(72)34-32-30-28-26-24-22-20-18-16-14-12-10-8-2)42-82-85(78,79)81-38-37-61-57(75)43(3)62-51(70)36-35-48(56(60)74)65-58(76)44(4)63-59(77)45(5)83-55(54(73)50(69)40-67)49(39-66)64-46(6)68/h39,43-45,47-50,54-55,67,69,73H,7-38,40-42H2,1-6H3,(H2,60,74)(H,61,75)(H,62,70)(H,63,77)(H,64,68)(H,65,76)(H,78,79)/t43-,44-,45+,47+,48+,49-,50+,54+,55+/m0/s1. The van der Waals surface area contributed by atoms with Crippen LogP contribution in [0.5, 0.6) is 0 Å². The Kier molecular flexibility index (Phi) is 47.6. The summed E-state index contributed by atoms with van der Waals surface area (Å²) in [7, 11) is -4.81. The number of amides is 6. The van der Waals surface area contributed by atoms with E-state index < -0.39 is 143 Å². The van der Waals surface area contributed by atoms with E-state index in [1.54, 1.807) is 0 Å². The Morgan fingerprint density at radius 2 is 1.06 bits per heavy atom. The predicted molar refractivity (Wildman–Crippen MR) is 319 cm³/mol. The van der Waals surface area contributed by atoms with Crippen molar-refractivity contribution in [3.63, 3.8) is 0 Å². The van der Waals surface area contributed by atoms with Gasteiger partial charge in [-0.15, -0.1) is 0 Å². The number of carbonyl (C=O) groups is 9. The smallest absolute Gasteiger partial charge is 0.462 e. The Balaban J connectivity index is 5.13. The van der Waals surface area contributed by atoms with Crippen molar-refractivity contribution in [1.82, 2.24) is 26.6 Å². The van der Waals surface area contributed by atoms with Crippen LogP contribution in [0.4, 0.5) is 0 Å². The number of aldehydes is 1. The molecular formula is C59H109N6O19P. The van der Waals surface area contributed by atoms with Gasteiger partial charge in [-0.2, -0.15) is 0 Å². The number of nitrogens with two attached hydrogens (primary N) is 1. The van der Waals surface area contributed by atoms with Crippen molar-refractivity contribution >= 4 is 61.5 Å². The second kappa shape index (κ2) is 50.4. The number of hydrogen-bond donors (Lipinski definition) is 10. The summed E-state index contributed by atoms with van der Waals surface area (Å²) in [5.74, 6) is -6.18. The van der Waals surface area contributed by atoms with Crippen molar-refractivity contribution in [3.8, 4) is 0 Å². The quantitative estimate of drug-likeness (QED) is 0.0153. The van der Waals surface area contributed by atoms with E-state index in [1.165, 1.54) is 130 Å². The number of primary amides is 1. The van der Waals surface area contributed by atoms with Crippen LogP contribution in [-0.2, 0) is 71.0 Å². The third kappa shape index (κ3) is 42.8. The zero-order valence-corrected chi connectivity index (χ0v) is 52.9. The van der Waals surface area contributed by atoms with Crippen LogP contribution in [0.15, 0.2) is 0 Å². The summed E-state index contributed by atoms with van der Waals surface area (Å²) >= 11 is 0. The number of esters is 2. The molecule has 0 rings (SSSR count). The van der Waals surface area contributed by atoms with Crippen LogP contribution in [0, 0.1) is 0 Å². The third-order valence-corrected chi connectivity index (χ3v) is 15.1. The van der Waals surface area contributed by atoms with Gasteiger partial charge in [0.1, 0.15) is 61.5 Å². The lowest BCUT2D eigenvalue weighted by Crippen LogP contribution is -2.57. The van der Waals surface area contributed by atoms with E-state index in [4.69, 9.17) is 29.0 Å². The van der Waals surface area contributed by atoms with Crippen LogP contribution in [0.2, 0.25) is 0 Å². The fourth-order valence-electron chi connectivity index (χ4n) is 8.96. The normalized spacial score (nSPS) is 15.3. The molecule has 26 heteroatoms. The largest absolute Gasteiger partial charge is 0.472 e. The summed E-state index contributed by atoms with van der Waals surface area (Å²) in [5, 5.41) is 41.4. The molecule has 0 aliphatic heterocycles. The number of rotatable bonds is 56. The SMILES string of the molecule is CCCCCCCCCCCCCCCC(=O)OC[C@H](COP(=O)(O)OCCNC(=O)[C@H](C)NC(=O)CC[C@@H](NC(=O)[C@H](C)NC(=O)[C@@H](C)O[C@@H]([C@H](O)[C@H](O)CO)[C@H](C=O)NC(C)=O)C(N)=O)OC(=O)CCCCCCCCCCCCCCC. The average Bonchev–Trinajstić information content (AvgIpc) is 3.67. The number of nitrogens with one attached hydrogen (secondary N) is 5. The summed E-state index contributed by atoms with van der Waals surface area (Å²) in [6.07, 6.45) is 21.3.